The lowest BCUT2D eigenvalue weighted by Crippen LogP contribution is -2.46. The third kappa shape index (κ3) is 3.07. The first-order valence-electron chi connectivity index (χ1n) is 5.40. The number of ether oxygens (including phenoxy) is 1. The van der Waals surface area contributed by atoms with E-state index in [1.54, 1.807) is 11.3 Å². The molecule has 2 heterocycles. The summed E-state index contributed by atoms with van der Waals surface area (Å²) in [5, 5.41) is 11.0. The molecule has 0 amide bonds. The molecule has 0 saturated carbocycles. The lowest BCUT2D eigenvalue weighted by atomic mass is 10.2. The van der Waals surface area contributed by atoms with Gasteiger partial charge in [-0.1, -0.05) is 0 Å². The van der Waals surface area contributed by atoms with Gasteiger partial charge in [-0.2, -0.15) is 0 Å². The van der Waals surface area contributed by atoms with Gasteiger partial charge in [-0.05, 0) is 28.9 Å². The lowest BCUT2D eigenvalue weighted by Gasteiger charge is -2.34. The largest absolute Gasteiger partial charge is 0.479 e. The maximum absolute atomic E-state index is 10.9. The minimum absolute atomic E-state index is 0.233. The van der Waals surface area contributed by atoms with E-state index in [0.29, 0.717) is 13.2 Å². The highest BCUT2D eigenvalue weighted by Crippen LogP contribution is 2.30. The summed E-state index contributed by atoms with van der Waals surface area (Å²) in [7, 11) is 0. The summed E-state index contributed by atoms with van der Waals surface area (Å²) in [4.78, 5) is 14.3. The zero-order chi connectivity index (χ0) is 12.4. The molecule has 94 valence electrons. The van der Waals surface area contributed by atoms with Gasteiger partial charge >= 0.3 is 5.97 Å². The Morgan fingerprint density at radius 1 is 1.76 bits per heavy atom. The number of aliphatic carboxylic acids is 1. The highest BCUT2D eigenvalue weighted by molar-refractivity contribution is 9.10. The molecule has 0 spiro atoms. The van der Waals surface area contributed by atoms with Gasteiger partial charge < -0.3 is 9.84 Å². The number of carboxylic acids is 1. The van der Waals surface area contributed by atoms with E-state index in [-0.39, 0.29) is 6.04 Å². The van der Waals surface area contributed by atoms with Crippen molar-refractivity contribution in [3.63, 3.8) is 0 Å². The Labute approximate surface area is 112 Å². The van der Waals surface area contributed by atoms with Gasteiger partial charge in [0.15, 0.2) is 6.10 Å². The Bertz CT molecular complexity index is 409. The van der Waals surface area contributed by atoms with Gasteiger partial charge in [0, 0.05) is 33.9 Å². The van der Waals surface area contributed by atoms with Gasteiger partial charge in [0.05, 0.1) is 6.61 Å². The summed E-state index contributed by atoms with van der Waals surface area (Å²) in [6, 6.07) is 2.32. The van der Waals surface area contributed by atoms with Crippen LogP contribution in [0.4, 0.5) is 0 Å². The van der Waals surface area contributed by atoms with Crippen molar-refractivity contribution in [3.8, 4) is 0 Å². The Hall–Kier alpha value is -0.430. The van der Waals surface area contributed by atoms with Crippen LogP contribution in [0.5, 0.6) is 0 Å². The molecule has 0 aliphatic carbocycles. The molecule has 1 aromatic rings. The predicted molar refractivity (Wildman–Crippen MR) is 69.4 cm³/mol. The summed E-state index contributed by atoms with van der Waals surface area (Å²) in [5.74, 6) is -0.880. The number of carboxylic acid groups (broad SMARTS) is 1. The van der Waals surface area contributed by atoms with E-state index in [9.17, 15) is 4.79 Å². The van der Waals surface area contributed by atoms with Crippen molar-refractivity contribution in [2.24, 2.45) is 0 Å². The number of rotatable bonds is 3. The second kappa shape index (κ2) is 5.48. The van der Waals surface area contributed by atoms with Crippen LogP contribution >= 0.6 is 27.3 Å². The number of morpholine rings is 1. The van der Waals surface area contributed by atoms with Gasteiger partial charge in [0.25, 0.3) is 0 Å². The predicted octanol–water partition coefficient (Wildman–Crippen LogP) is 2.36. The number of halogens is 1. The van der Waals surface area contributed by atoms with Crippen LogP contribution in [0.15, 0.2) is 15.9 Å². The summed E-state index contributed by atoms with van der Waals surface area (Å²) >= 11 is 5.12. The van der Waals surface area contributed by atoms with Crippen molar-refractivity contribution in [3.05, 3.63) is 20.8 Å². The Morgan fingerprint density at radius 2 is 2.53 bits per heavy atom. The third-order valence-corrected chi connectivity index (χ3v) is 4.78. The standard InChI is InChI=1S/C11H14BrNO3S/c1-7(10-4-8(12)6-17-10)13-2-3-16-9(5-13)11(14)15/h4,6-7,9H,2-3,5H2,1H3,(H,14,15). The van der Waals surface area contributed by atoms with E-state index in [1.807, 2.05) is 5.38 Å². The van der Waals surface area contributed by atoms with Crippen LogP contribution in [-0.2, 0) is 9.53 Å². The molecule has 1 fully saturated rings. The highest BCUT2D eigenvalue weighted by atomic mass is 79.9. The second-order valence-electron chi connectivity index (χ2n) is 4.04. The van der Waals surface area contributed by atoms with Crippen LogP contribution in [0.2, 0.25) is 0 Å². The molecular formula is C11H14BrNO3S. The summed E-state index contributed by atoms with van der Waals surface area (Å²) in [6.07, 6.45) is -0.699. The van der Waals surface area contributed by atoms with Crippen molar-refractivity contribution in [2.45, 2.75) is 19.1 Å². The van der Waals surface area contributed by atoms with E-state index in [1.165, 1.54) is 4.88 Å². The summed E-state index contributed by atoms with van der Waals surface area (Å²) < 4.78 is 6.29. The van der Waals surface area contributed by atoms with Crippen LogP contribution in [0, 0.1) is 0 Å². The minimum Gasteiger partial charge on any atom is -0.479 e. The molecule has 1 saturated heterocycles. The van der Waals surface area contributed by atoms with Gasteiger partial charge in [0.1, 0.15) is 0 Å². The Kier molecular flexibility index (Phi) is 4.19. The molecule has 1 aliphatic heterocycles. The molecule has 2 rings (SSSR count). The van der Waals surface area contributed by atoms with Gasteiger partial charge in [-0.25, -0.2) is 4.79 Å². The molecule has 2 unspecified atom stereocenters. The third-order valence-electron chi connectivity index (χ3n) is 2.92. The second-order valence-corrected chi connectivity index (χ2v) is 5.89. The maximum atomic E-state index is 10.9. The summed E-state index contributed by atoms with van der Waals surface area (Å²) in [6.45, 7) is 3.81. The van der Waals surface area contributed by atoms with Crippen LogP contribution in [-0.4, -0.2) is 41.8 Å². The van der Waals surface area contributed by atoms with Gasteiger partial charge in [-0.15, -0.1) is 11.3 Å². The van der Waals surface area contributed by atoms with Crippen LogP contribution in [0.25, 0.3) is 0 Å². The zero-order valence-corrected chi connectivity index (χ0v) is 11.8. The molecule has 0 aromatic carbocycles. The van der Waals surface area contributed by atoms with E-state index >= 15 is 0 Å². The fourth-order valence-corrected chi connectivity index (χ4v) is 3.43. The zero-order valence-electron chi connectivity index (χ0n) is 9.43. The normalized spacial score (nSPS) is 23.5. The van der Waals surface area contributed by atoms with E-state index in [0.717, 1.165) is 11.0 Å². The monoisotopic (exact) mass is 319 g/mol. The van der Waals surface area contributed by atoms with Crippen molar-refractivity contribution in [2.75, 3.05) is 19.7 Å². The number of hydrogen-bond acceptors (Lipinski definition) is 4. The molecular weight excluding hydrogens is 306 g/mol. The maximum Gasteiger partial charge on any atom is 0.334 e. The molecule has 1 aliphatic rings. The number of carbonyl (C=O) groups is 1. The molecule has 17 heavy (non-hydrogen) atoms. The molecule has 1 aromatic heterocycles. The average molecular weight is 320 g/mol. The Morgan fingerprint density at radius 3 is 3.12 bits per heavy atom. The first-order chi connectivity index (χ1) is 8.08. The number of thiophene rings is 1. The molecule has 0 bridgehead atoms. The van der Waals surface area contributed by atoms with Crippen molar-refractivity contribution >= 4 is 33.2 Å². The minimum atomic E-state index is -0.880. The summed E-state index contributed by atoms with van der Waals surface area (Å²) in [5.41, 5.74) is 0. The topological polar surface area (TPSA) is 49.8 Å². The smallest absolute Gasteiger partial charge is 0.334 e. The van der Waals surface area contributed by atoms with E-state index in [4.69, 9.17) is 9.84 Å². The number of nitrogens with zero attached hydrogens (tertiary/aromatic N) is 1. The fourth-order valence-electron chi connectivity index (χ4n) is 1.90. The fraction of sp³-hybridized carbons (Fsp3) is 0.545. The quantitative estimate of drug-likeness (QED) is 0.929. The number of hydrogen-bond donors (Lipinski definition) is 1. The van der Waals surface area contributed by atoms with Gasteiger partial charge in [-0.3, -0.25) is 4.90 Å². The Balaban J connectivity index is 2.04. The van der Waals surface area contributed by atoms with Crippen LogP contribution in [0.3, 0.4) is 0 Å². The van der Waals surface area contributed by atoms with E-state index in [2.05, 4.69) is 33.8 Å². The van der Waals surface area contributed by atoms with Gasteiger partial charge in [0.2, 0.25) is 0 Å². The first kappa shape index (κ1) is 13.0. The molecule has 2 atom stereocenters. The van der Waals surface area contributed by atoms with Crippen molar-refractivity contribution in [1.29, 1.82) is 0 Å². The van der Waals surface area contributed by atoms with Crippen molar-refractivity contribution < 1.29 is 14.6 Å². The SMILES string of the molecule is CC(c1cc(Br)cs1)N1CCOC(C(=O)O)C1. The molecule has 1 N–H and O–H groups in total. The van der Waals surface area contributed by atoms with Crippen LogP contribution in [0.1, 0.15) is 17.8 Å². The van der Waals surface area contributed by atoms with E-state index < -0.39 is 12.1 Å². The van der Waals surface area contributed by atoms with Crippen molar-refractivity contribution in [1.82, 2.24) is 4.90 Å². The molecule has 0 radical (unpaired) electrons. The van der Waals surface area contributed by atoms with Crippen LogP contribution < -0.4 is 0 Å². The lowest BCUT2D eigenvalue weighted by molar-refractivity contribution is -0.157. The average Bonchev–Trinajstić information content (AvgIpc) is 2.75. The first-order valence-corrected chi connectivity index (χ1v) is 7.07. The molecule has 6 heteroatoms. The highest BCUT2D eigenvalue weighted by Gasteiger charge is 2.29. The molecule has 4 nitrogen and oxygen atoms in total.